The zero-order valence-corrected chi connectivity index (χ0v) is 10.3. The second kappa shape index (κ2) is 5.64. The van der Waals surface area contributed by atoms with E-state index in [-0.39, 0.29) is 0 Å². The number of aromatic nitrogens is 2. The van der Waals surface area contributed by atoms with Crippen LogP contribution in [0, 0.1) is 0 Å². The van der Waals surface area contributed by atoms with E-state index >= 15 is 0 Å². The number of benzene rings is 1. The first kappa shape index (κ1) is 13.3. The fourth-order valence-electron chi connectivity index (χ4n) is 1.64. The largest absolute Gasteiger partial charge is 0.467 e. The molecule has 0 aliphatic rings. The van der Waals surface area contributed by atoms with Crippen molar-refractivity contribution in [3.63, 3.8) is 0 Å². The molecule has 19 heavy (non-hydrogen) atoms. The van der Waals surface area contributed by atoms with E-state index in [1.807, 2.05) is 30.3 Å². The van der Waals surface area contributed by atoms with E-state index in [4.69, 9.17) is 0 Å². The number of methoxy groups -OCH3 is 1. The molecule has 0 fully saturated rings. The van der Waals surface area contributed by atoms with E-state index in [0.29, 0.717) is 5.56 Å². The standard InChI is InChI=1S/C13H14N2O4/c1-19-13(18)12(17)11(16)9-7-14-15(8-9)10-5-3-2-4-6-10/h2-8,11-12,16-17H,1H3. The van der Waals surface area contributed by atoms with Gasteiger partial charge in [-0.2, -0.15) is 5.10 Å². The molecule has 2 atom stereocenters. The van der Waals surface area contributed by atoms with Crippen molar-refractivity contribution in [2.24, 2.45) is 0 Å². The summed E-state index contributed by atoms with van der Waals surface area (Å²) in [6.45, 7) is 0. The molecule has 1 heterocycles. The van der Waals surface area contributed by atoms with E-state index in [1.165, 1.54) is 6.20 Å². The Morgan fingerprint density at radius 1 is 1.32 bits per heavy atom. The number of hydrogen-bond donors (Lipinski definition) is 2. The van der Waals surface area contributed by atoms with Gasteiger partial charge in [-0.15, -0.1) is 0 Å². The van der Waals surface area contributed by atoms with Gasteiger partial charge >= 0.3 is 5.97 Å². The van der Waals surface area contributed by atoms with Gasteiger partial charge in [-0.1, -0.05) is 18.2 Å². The van der Waals surface area contributed by atoms with E-state index < -0.39 is 18.2 Å². The smallest absolute Gasteiger partial charge is 0.337 e. The molecule has 0 saturated carbocycles. The maximum Gasteiger partial charge on any atom is 0.337 e. The number of aliphatic hydroxyl groups is 2. The zero-order chi connectivity index (χ0) is 13.8. The average Bonchev–Trinajstić information content (AvgIpc) is 2.95. The van der Waals surface area contributed by atoms with Crippen LogP contribution in [0.5, 0.6) is 0 Å². The van der Waals surface area contributed by atoms with Crippen molar-refractivity contribution in [2.45, 2.75) is 12.2 Å². The van der Waals surface area contributed by atoms with Gasteiger partial charge in [0.25, 0.3) is 0 Å². The first-order valence-electron chi connectivity index (χ1n) is 5.67. The average molecular weight is 262 g/mol. The molecule has 100 valence electrons. The predicted molar refractivity (Wildman–Crippen MR) is 66.5 cm³/mol. The van der Waals surface area contributed by atoms with Crippen molar-refractivity contribution in [3.8, 4) is 5.69 Å². The van der Waals surface area contributed by atoms with Crippen LogP contribution in [-0.2, 0) is 9.53 Å². The third-order valence-electron chi connectivity index (χ3n) is 2.71. The van der Waals surface area contributed by atoms with Crippen LogP contribution in [0.3, 0.4) is 0 Å². The van der Waals surface area contributed by atoms with Gasteiger partial charge < -0.3 is 14.9 Å². The van der Waals surface area contributed by atoms with Gasteiger partial charge in [0.2, 0.25) is 0 Å². The molecule has 0 saturated heterocycles. The minimum absolute atomic E-state index is 0.335. The molecular formula is C13H14N2O4. The lowest BCUT2D eigenvalue weighted by molar-refractivity contribution is -0.156. The topological polar surface area (TPSA) is 84.6 Å². The molecule has 2 N–H and O–H groups in total. The summed E-state index contributed by atoms with van der Waals surface area (Å²) in [7, 11) is 1.14. The van der Waals surface area contributed by atoms with Crippen molar-refractivity contribution in [1.29, 1.82) is 0 Å². The lowest BCUT2D eigenvalue weighted by atomic mass is 10.1. The van der Waals surface area contributed by atoms with E-state index in [9.17, 15) is 15.0 Å². The number of ether oxygens (including phenoxy) is 1. The van der Waals surface area contributed by atoms with Crippen LogP contribution in [0.2, 0.25) is 0 Å². The van der Waals surface area contributed by atoms with Crippen molar-refractivity contribution in [3.05, 3.63) is 48.3 Å². The predicted octanol–water partition coefficient (Wildman–Crippen LogP) is 0.440. The molecule has 6 heteroatoms. The number of carbonyl (C=O) groups is 1. The Bertz CT molecular complexity index is 553. The Balaban J connectivity index is 2.20. The van der Waals surface area contributed by atoms with Crippen LogP contribution in [0.1, 0.15) is 11.7 Å². The first-order valence-corrected chi connectivity index (χ1v) is 5.67. The minimum atomic E-state index is -1.63. The number of rotatable bonds is 4. The van der Waals surface area contributed by atoms with Crippen molar-refractivity contribution in [2.75, 3.05) is 7.11 Å². The molecule has 0 aliphatic carbocycles. The molecule has 0 aliphatic heterocycles. The molecule has 0 spiro atoms. The number of nitrogens with zero attached hydrogens (tertiary/aromatic N) is 2. The molecule has 1 aromatic heterocycles. The number of carbonyl (C=O) groups excluding carboxylic acids is 1. The highest BCUT2D eigenvalue weighted by Crippen LogP contribution is 2.18. The second-order valence-corrected chi connectivity index (χ2v) is 3.97. The van der Waals surface area contributed by atoms with E-state index in [1.54, 1.807) is 10.9 Å². The van der Waals surface area contributed by atoms with Crippen LogP contribution in [0.15, 0.2) is 42.7 Å². The quantitative estimate of drug-likeness (QED) is 0.781. The maximum absolute atomic E-state index is 11.1. The Morgan fingerprint density at radius 2 is 2.00 bits per heavy atom. The minimum Gasteiger partial charge on any atom is -0.467 e. The number of aliphatic hydroxyl groups excluding tert-OH is 2. The highest BCUT2D eigenvalue weighted by atomic mass is 16.5. The lowest BCUT2D eigenvalue weighted by Crippen LogP contribution is -2.28. The molecular weight excluding hydrogens is 248 g/mol. The third-order valence-corrected chi connectivity index (χ3v) is 2.71. The summed E-state index contributed by atoms with van der Waals surface area (Å²) in [6.07, 6.45) is -0.0564. The zero-order valence-electron chi connectivity index (χ0n) is 10.3. The molecule has 1 aromatic carbocycles. The number of esters is 1. The fourth-order valence-corrected chi connectivity index (χ4v) is 1.64. The molecule has 2 rings (SSSR count). The van der Waals surface area contributed by atoms with Gasteiger partial charge in [0.05, 0.1) is 19.0 Å². The Hall–Kier alpha value is -2.18. The fraction of sp³-hybridized carbons (Fsp3) is 0.231. The Labute approximate surface area is 109 Å². The van der Waals surface area contributed by atoms with Crippen LogP contribution < -0.4 is 0 Å². The summed E-state index contributed by atoms with van der Waals surface area (Å²) in [6, 6.07) is 9.29. The maximum atomic E-state index is 11.1. The van der Waals surface area contributed by atoms with Crippen LogP contribution in [0.25, 0.3) is 5.69 Å². The monoisotopic (exact) mass is 262 g/mol. The molecule has 6 nitrogen and oxygen atoms in total. The van der Waals surface area contributed by atoms with Crippen molar-refractivity contribution >= 4 is 5.97 Å². The van der Waals surface area contributed by atoms with Gasteiger partial charge in [0.1, 0.15) is 6.10 Å². The summed E-state index contributed by atoms with van der Waals surface area (Å²) in [5.74, 6) is -0.889. The summed E-state index contributed by atoms with van der Waals surface area (Å²) < 4.78 is 5.91. The highest BCUT2D eigenvalue weighted by molar-refractivity contribution is 5.75. The highest BCUT2D eigenvalue weighted by Gasteiger charge is 2.27. The van der Waals surface area contributed by atoms with Gasteiger partial charge in [-0.05, 0) is 12.1 Å². The summed E-state index contributed by atoms with van der Waals surface area (Å²) in [5.41, 5.74) is 1.15. The van der Waals surface area contributed by atoms with Gasteiger partial charge in [0.15, 0.2) is 6.10 Å². The van der Waals surface area contributed by atoms with Crippen LogP contribution in [-0.4, -0.2) is 39.2 Å². The van der Waals surface area contributed by atoms with Crippen LogP contribution >= 0.6 is 0 Å². The SMILES string of the molecule is COC(=O)C(O)C(O)c1cnn(-c2ccccc2)c1. The Kier molecular flexibility index (Phi) is 3.94. The van der Waals surface area contributed by atoms with Gasteiger partial charge in [-0.25, -0.2) is 9.48 Å². The molecule has 0 radical (unpaired) electrons. The summed E-state index contributed by atoms with van der Waals surface area (Å²) in [4.78, 5) is 11.1. The van der Waals surface area contributed by atoms with Crippen molar-refractivity contribution < 1.29 is 19.7 Å². The summed E-state index contributed by atoms with van der Waals surface area (Å²) in [5, 5.41) is 23.5. The van der Waals surface area contributed by atoms with E-state index in [2.05, 4.69) is 9.84 Å². The van der Waals surface area contributed by atoms with Gasteiger partial charge in [-0.3, -0.25) is 0 Å². The molecule has 2 aromatic rings. The summed E-state index contributed by atoms with van der Waals surface area (Å²) >= 11 is 0. The second-order valence-electron chi connectivity index (χ2n) is 3.97. The van der Waals surface area contributed by atoms with Crippen LogP contribution in [0.4, 0.5) is 0 Å². The van der Waals surface area contributed by atoms with Gasteiger partial charge in [0, 0.05) is 11.8 Å². The molecule has 0 bridgehead atoms. The van der Waals surface area contributed by atoms with Crippen molar-refractivity contribution in [1.82, 2.24) is 9.78 Å². The number of para-hydroxylation sites is 1. The molecule has 2 unspecified atom stereocenters. The van der Waals surface area contributed by atoms with E-state index in [0.717, 1.165) is 12.8 Å². The third kappa shape index (κ3) is 2.81. The normalized spacial score (nSPS) is 13.8. The first-order chi connectivity index (χ1) is 9.13. The number of hydrogen-bond acceptors (Lipinski definition) is 5. The Morgan fingerprint density at radius 3 is 2.63 bits per heavy atom. The molecule has 0 amide bonds. The lowest BCUT2D eigenvalue weighted by Gasteiger charge is -2.13.